The number of carbonyl (C=O) groups excluding carboxylic acids is 1. The van der Waals surface area contributed by atoms with E-state index in [1.165, 1.54) is 0 Å². The number of aliphatic imine (C=N–C) groups is 1. The van der Waals surface area contributed by atoms with E-state index in [1.54, 1.807) is 0 Å². The molecule has 0 aliphatic rings. The van der Waals surface area contributed by atoms with E-state index in [4.69, 9.17) is 4.74 Å². The molecule has 0 saturated carbocycles. The van der Waals surface area contributed by atoms with Crippen molar-refractivity contribution in [2.45, 2.75) is 41.0 Å². The topological polar surface area (TPSA) is 57.2 Å². The minimum Gasteiger partial charge on any atom is -0.381 e. The first kappa shape index (κ1) is 25.7. The molecular weight excluding hydrogens is 419 g/mol. The van der Waals surface area contributed by atoms with Gasteiger partial charge in [-0.05, 0) is 33.1 Å². The fourth-order valence-corrected chi connectivity index (χ4v) is 2.09. The van der Waals surface area contributed by atoms with Crippen LogP contribution in [0.1, 0.15) is 41.0 Å². The molecule has 0 radical (unpaired) electrons. The molecule has 1 amide bonds. The van der Waals surface area contributed by atoms with Crippen LogP contribution in [-0.4, -0.2) is 74.7 Å². The van der Waals surface area contributed by atoms with Crippen LogP contribution in [0.2, 0.25) is 0 Å². The average Bonchev–Trinajstić information content (AvgIpc) is 2.50. The highest BCUT2D eigenvalue weighted by molar-refractivity contribution is 14.0. The Balaban J connectivity index is 0. The summed E-state index contributed by atoms with van der Waals surface area (Å²) in [5, 5.41) is 3.24. The molecule has 24 heavy (non-hydrogen) atoms. The summed E-state index contributed by atoms with van der Waals surface area (Å²) < 4.78 is 5.56. The predicted octanol–water partition coefficient (Wildman–Crippen LogP) is 2.43. The molecule has 0 bridgehead atoms. The third-order valence-electron chi connectivity index (χ3n) is 3.34. The Labute approximate surface area is 165 Å². The van der Waals surface area contributed by atoms with Crippen molar-refractivity contribution in [1.29, 1.82) is 0 Å². The highest BCUT2D eigenvalue weighted by Crippen LogP contribution is 1.96. The Kier molecular flexibility index (Phi) is 17.0. The minimum atomic E-state index is 0. The Morgan fingerprint density at radius 3 is 2.33 bits per heavy atom. The Bertz CT molecular complexity index is 347. The molecule has 0 rings (SSSR count). The molecule has 0 aliphatic heterocycles. The molecule has 0 saturated heterocycles. The maximum absolute atomic E-state index is 12.2. The van der Waals surface area contributed by atoms with Crippen LogP contribution in [0.4, 0.5) is 0 Å². The van der Waals surface area contributed by atoms with Crippen LogP contribution in [0.3, 0.4) is 0 Å². The Hall–Kier alpha value is -0.570. The number of halogens is 1. The van der Waals surface area contributed by atoms with Gasteiger partial charge in [-0.2, -0.15) is 0 Å². The van der Waals surface area contributed by atoms with E-state index in [0.717, 1.165) is 45.2 Å². The zero-order chi connectivity index (χ0) is 17.7. The lowest BCUT2D eigenvalue weighted by Gasteiger charge is -2.25. The Morgan fingerprint density at radius 1 is 1.21 bits per heavy atom. The summed E-state index contributed by atoms with van der Waals surface area (Å²) in [6.07, 6.45) is 0.888. The zero-order valence-electron chi connectivity index (χ0n) is 16.3. The number of likely N-dealkylation sites (N-methyl/N-ethyl adjacent to an activating group) is 2. The minimum absolute atomic E-state index is 0. The molecule has 6 nitrogen and oxygen atoms in total. The molecule has 0 aliphatic carbocycles. The largest absolute Gasteiger partial charge is 0.381 e. The summed E-state index contributed by atoms with van der Waals surface area (Å²) in [5.74, 6) is 1.47. The molecule has 0 unspecified atom stereocenters. The van der Waals surface area contributed by atoms with E-state index < -0.39 is 0 Å². The van der Waals surface area contributed by atoms with Crippen LogP contribution in [0.5, 0.6) is 0 Å². The Morgan fingerprint density at radius 2 is 1.83 bits per heavy atom. The van der Waals surface area contributed by atoms with E-state index in [1.807, 2.05) is 37.6 Å². The molecule has 0 spiro atoms. The first-order valence-corrected chi connectivity index (χ1v) is 8.81. The normalized spacial score (nSPS) is 11.2. The molecule has 0 aromatic heterocycles. The van der Waals surface area contributed by atoms with Gasteiger partial charge in [0, 0.05) is 46.4 Å². The smallest absolute Gasteiger partial charge is 0.242 e. The first-order valence-electron chi connectivity index (χ1n) is 8.81. The monoisotopic (exact) mass is 456 g/mol. The second-order valence-corrected chi connectivity index (χ2v) is 5.98. The van der Waals surface area contributed by atoms with Crippen LogP contribution in [0.15, 0.2) is 4.99 Å². The molecule has 144 valence electrons. The number of amides is 1. The molecule has 0 aromatic carbocycles. The molecule has 0 heterocycles. The van der Waals surface area contributed by atoms with Crippen molar-refractivity contribution >= 4 is 35.8 Å². The van der Waals surface area contributed by atoms with Crippen molar-refractivity contribution in [3.63, 3.8) is 0 Å². The number of nitrogens with zero attached hydrogens (tertiary/aromatic N) is 3. The number of guanidine groups is 1. The first-order chi connectivity index (χ1) is 11.0. The third kappa shape index (κ3) is 11.9. The zero-order valence-corrected chi connectivity index (χ0v) is 18.6. The molecular formula is C17H37IN4O2. The van der Waals surface area contributed by atoms with Gasteiger partial charge in [0.25, 0.3) is 0 Å². The van der Waals surface area contributed by atoms with Crippen LogP contribution in [0.25, 0.3) is 0 Å². The number of hydrogen-bond acceptors (Lipinski definition) is 3. The van der Waals surface area contributed by atoms with E-state index in [9.17, 15) is 4.79 Å². The summed E-state index contributed by atoms with van der Waals surface area (Å²) >= 11 is 0. The summed E-state index contributed by atoms with van der Waals surface area (Å²) in [7, 11) is 1.90. The van der Waals surface area contributed by atoms with Crippen LogP contribution in [0, 0.1) is 5.92 Å². The second-order valence-electron chi connectivity index (χ2n) is 5.98. The van der Waals surface area contributed by atoms with Crippen molar-refractivity contribution in [2.75, 3.05) is 53.0 Å². The van der Waals surface area contributed by atoms with Gasteiger partial charge in [-0.1, -0.05) is 13.8 Å². The van der Waals surface area contributed by atoms with Crippen molar-refractivity contribution in [3.8, 4) is 0 Å². The van der Waals surface area contributed by atoms with Crippen molar-refractivity contribution in [3.05, 3.63) is 0 Å². The summed E-state index contributed by atoms with van der Waals surface area (Å²) in [4.78, 5) is 20.5. The van der Waals surface area contributed by atoms with Gasteiger partial charge in [0.15, 0.2) is 5.96 Å². The summed E-state index contributed by atoms with van der Waals surface area (Å²) in [6.45, 7) is 15.1. The van der Waals surface area contributed by atoms with Crippen LogP contribution >= 0.6 is 24.0 Å². The van der Waals surface area contributed by atoms with Gasteiger partial charge in [0.1, 0.15) is 0 Å². The van der Waals surface area contributed by atoms with Gasteiger partial charge in [0.2, 0.25) is 5.91 Å². The van der Waals surface area contributed by atoms with Crippen molar-refractivity contribution in [2.24, 2.45) is 10.9 Å². The number of carbonyl (C=O) groups is 1. The van der Waals surface area contributed by atoms with Crippen molar-refractivity contribution < 1.29 is 9.53 Å². The van der Waals surface area contributed by atoms with E-state index in [-0.39, 0.29) is 29.9 Å². The lowest BCUT2D eigenvalue weighted by molar-refractivity contribution is -0.131. The number of rotatable bonds is 11. The number of hydrogen-bond donors (Lipinski definition) is 1. The van der Waals surface area contributed by atoms with Gasteiger partial charge in [0.05, 0.1) is 6.54 Å². The molecule has 0 atom stereocenters. The lowest BCUT2D eigenvalue weighted by atomic mass is 10.2. The van der Waals surface area contributed by atoms with Crippen molar-refractivity contribution in [1.82, 2.24) is 15.1 Å². The van der Waals surface area contributed by atoms with Gasteiger partial charge in [-0.25, -0.2) is 0 Å². The highest BCUT2D eigenvalue weighted by atomic mass is 127. The van der Waals surface area contributed by atoms with Gasteiger partial charge < -0.3 is 19.9 Å². The molecule has 7 heteroatoms. The third-order valence-corrected chi connectivity index (χ3v) is 3.34. The van der Waals surface area contributed by atoms with Gasteiger partial charge in [-0.15, -0.1) is 24.0 Å². The predicted molar refractivity (Wildman–Crippen MR) is 112 cm³/mol. The van der Waals surface area contributed by atoms with Crippen LogP contribution < -0.4 is 5.32 Å². The van der Waals surface area contributed by atoms with Gasteiger partial charge >= 0.3 is 0 Å². The number of ether oxygens (including phenoxy) is 1. The maximum atomic E-state index is 12.2. The fraction of sp³-hybridized carbons (Fsp3) is 0.882. The summed E-state index contributed by atoms with van der Waals surface area (Å²) in [5.41, 5.74) is 0. The van der Waals surface area contributed by atoms with E-state index >= 15 is 0 Å². The standard InChI is InChI=1S/C17H36N4O2.HI/c1-7-18-17(19-11-10-12-23-14-15(4)5)20(6)13-16(22)21(8-2)9-3;/h15H,7-14H2,1-6H3,(H,18,19);1H. The van der Waals surface area contributed by atoms with Crippen LogP contribution in [-0.2, 0) is 9.53 Å². The molecule has 0 fully saturated rings. The SMILES string of the molecule is CCNC(=NCCCOCC(C)C)N(C)CC(=O)N(CC)CC.I. The second kappa shape index (κ2) is 15.9. The molecule has 1 N–H and O–H groups in total. The quantitative estimate of drug-likeness (QED) is 0.225. The maximum Gasteiger partial charge on any atom is 0.242 e. The van der Waals surface area contributed by atoms with Gasteiger partial charge in [-0.3, -0.25) is 9.79 Å². The average molecular weight is 456 g/mol. The number of nitrogens with one attached hydrogen (secondary N) is 1. The van der Waals surface area contributed by atoms with E-state index in [0.29, 0.717) is 19.0 Å². The fourth-order valence-electron chi connectivity index (χ4n) is 2.09. The highest BCUT2D eigenvalue weighted by Gasteiger charge is 2.14. The molecule has 0 aromatic rings. The van der Waals surface area contributed by atoms with E-state index in [2.05, 4.69) is 24.2 Å². The summed E-state index contributed by atoms with van der Waals surface area (Å²) in [6, 6.07) is 0. The lowest BCUT2D eigenvalue weighted by Crippen LogP contribution is -2.45.